The first kappa shape index (κ1) is 9.90. The molecule has 0 aliphatic rings. The van der Waals surface area contributed by atoms with Gasteiger partial charge in [0.05, 0.1) is 0 Å². The van der Waals surface area contributed by atoms with Crippen LogP contribution in [0.2, 0.25) is 0 Å². The fourth-order valence-corrected chi connectivity index (χ4v) is 1.21. The van der Waals surface area contributed by atoms with E-state index in [0.717, 1.165) is 18.4 Å². The molecule has 0 spiro atoms. The number of aldehydes is 1. The minimum Gasteiger partial charge on any atom is -0.296 e. The van der Waals surface area contributed by atoms with E-state index < -0.39 is 0 Å². The summed E-state index contributed by atoms with van der Waals surface area (Å²) in [4.78, 5) is 14.7. The lowest BCUT2D eigenvalue weighted by Gasteiger charge is -2.17. The van der Waals surface area contributed by atoms with Crippen molar-refractivity contribution >= 4 is 6.29 Å². The van der Waals surface area contributed by atoms with Gasteiger partial charge in [-0.05, 0) is 24.0 Å². The van der Waals surface area contributed by atoms with Crippen LogP contribution in [-0.4, -0.2) is 11.3 Å². The molecule has 0 aliphatic heterocycles. The van der Waals surface area contributed by atoms with Crippen LogP contribution in [0.5, 0.6) is 0 Å². The molecule has 2 nitrogen and oxygen atoms in total. The summed E-state index contributed by atoms with van der Waals surface area (Å²) in [5.74, 6) is 0. The Balaban J connectivity index is 2.84. The van der Waals surface area contributed by atoms with Gasteiger partial charge in [0.2, 0.25) is 0 Å². The molecule has 1 aromatic heterocycles. The monoisotopic (exact) mass is 177 g/mol. The summed E-state index contributed by atoms with van der Waals surface area (Å²) >= 11 is 0. The topological polar surface area (TPSA) is 30.0 Å². The lowest BCUT2D eigenvalue weighted by Crippen LogP contribution is -2.10. The van der Waals surface area contributed by atoms with E-state index >= 15 is 0 Å². The molecule has 0 aliphatic carbocycles. The van der Waals surface area contributed by atoms with E-state index in [2.05, 4.69) is 25.8 Å². The summed E-state index contributed by atoms with van der Waals surface area (Å²) in [5.41, 5.74) is 1.72. The van der Waals surface area contributed by atoms with Crippen LogP contribution in [0.1, 0.15) is 37.0 Å². The Bertz CT molecular complexity index is 299. The second kappa shape index (κ2) is 3.69. The normalized spacial score (nSPS) is 11.3. The van der Waals surface area contributed by atoms with Crippen molar-refractivity contribution in [2.24, 2.45) is 5.41 Å². The summed E-state index contributed by atoms with van der Waals surface area (Å²) in [6.07, 6.45) is 1.68. The number of aromatic nitrogens is 1. The average molecular weight is 177 g/mol. The second-order valence-electron chi connectivity index (χ2n) is 4.41. The third kappa shape index (κ3) is 3.36. The molecule has 2 heteroatoms. The molecule has 70 valence electrons. The van der Waals surface area contributed by atoms with E-state index in [1.54, 1.807) is 6.07 Å². The molecular weight excluding hydrogens is 162 g/mol. The van der Waals surface area contributed by atoms with Gasteiger partial charge in [0.15, 0.2) is 6.29 Å². The molecule has 0 amide bonds. The maximum atomic E-state index is 10.5. The van der Waals surface area contributed by atoms with Crippen LogP contribution < -0.4 is 0 Å². The molecular formula is C11H15NO. The Morgan fingerprint density at radius 1 is 1.38 bits per heavy atom. The van der Waals surface area contributed by atoms with Crippen molar-refractivity contribution in [2.45, 2.75) is 27.2 Å². The molecule has 0 N–H and O–H groups in total. The Morgan fingerprint density at radius 3 is 2.62 bits per heavy atom. The van der Waals surface area contributed by atoms with Gasteiger partial charge in [-0.3, -0.25) is 9.78 Å². The van der Waals surface area contributed by atoms with Crippen LogP contribution >= 0.6 is 0 Å². The molecule has 0 saturated heterocycles. The number of carbonyl (C=O) groups excluding carboxylic acids is 1. The first-order valence-electron chi connectivity index (χ1n) is 4.42. The van der Waals surface area contributed by atoms with Gasteiger partial charge in [-0.25, -0.2) is 0 Å². The highest BCUT2D eigenvalue weighted by Gasteiger charge is 2.11. The first-order chi connectivity index (χ1) is 6.01. The SMILES string of the molecule is CC(C)(C)Cc1cccc(C=O)n1. The van der Waals surface area contributed by atoms with Gasteiger partial charge in [0.1, 0.15) is 5.69 Å². The van der Waals surface area contributed by atoms with Crippen LogP contribution in [0.25, 0.3) is 0 Å². The van der Waals surface area contributed by atoms with Crippen molar-refractivity contribution in [2.75, 3.05) is 0 Å². The third-order valence-electron chi connectivity index (χ3n) is 1.66. The van der Waals surface area contributed by atoms with Crippen molar-refractivity contribution in [3.05, 3.63) is 29.6 Å². The lowest BCUT2D eigenvalue weighted by atomic mass is 9.90. The molecule has 0 bridgehead atoms. The highest BCUT2D eigenvalue weighted by Crippen LogP contribution is 2.18. The van der Waals surface area contributed by atoms with Gasteiger partial charge < -0.3 is 0 Å². The first-order valence-corrected chi connectivity index (χ1v) is 4.42. The van der Waals surface area contributed by atoms with Gasteiger partial charge in [0, 0.05) is 5.69 Å². The molecule has 1 aromatic rings. The van der Waals surface area contributed by atoms with Gasteiger partial charge in [-0.15, -0.1) is 0 Å². The summed E-state index contributed by atoms with van der Waals surface area (Å²) < 4.78 is 0. The maximum absolute atomic E-state index is 10.5. The van der Waals surface area contributed by atoms with Gasteiger partial charge >= 0.3 is 0 Å². The van der Waals surface area contributed by atoms with Crippen LogP contribution in [0.15, 0.2) is 18.2 Å². The van der Waals surface area contributed by atoms with Gasteiger partial charge in [-0.1, -0.05) is 26.8 Å². The number of nitrogens with zero attached hydrogens (tertiary/aromatic N) is 1. The molecule has 1 rings (SSSR count). The lowest BCUT2D eigenvalue weighted by molar-refractivity contribution is 0.111. The largest absolute Gasteiger partial charge is 0.296 e. The average Bonchev–Trinajstić information content (AvgIpc) is 2.01. The number of hydrogen-bond acceptors (Lipinski definition) is 2. The summed E-state index contributed by atoms with van der Waals surface area (Å²) in [6, 6.07) is 5.55. The van der Waals surface area contributed by atoms with E-state index in [0.29, 0.717) is 5.69 Å². The zero-order chi connectivity index (χ0) is 9.90. The fraction of sp³-hybridized carbons (Fsp3) is 0.455. The molecule has 0 aromatic carbocycles. The zero-order valence-electron chi connectivity index (χ0n) is 8.37. The van der Waals surface area contributed by atoms with E-state index in [9.17, 15) is 4.79 Å². The molecule has 1 heterocycles. The molecule has 0 radical (unpaired) electrons. The minimum atomic E-state index is 0.217. The minimum absolute atomic E-state index is 0.217. The number of carbonyl (C=O) groups is 1. The van der Waals surface area contributed by atoms with E-state index in [1.165, 1.54) is 0 Å². The predicted octanol–water partition coefficient (Wildman–Crippen LogP) is 2.48. The van der Waals surface area contributed by atoms with E-state index in [4.69, 9.17) is 0 Å². The zero-order valence-corrected chi connectivity index (χ0v) is 8.37. The van der Waals surface area contributed by atoms with Crippen LogP contribution in [0.4, 0.5) is 0 Å². The van der Waals surface area contributed by atoms with E-state index in [1.807, 2.05) is 12.1 Å². The predicted molar refractivity (Wildman–Crippen MR) is 52.8 cm³/mol. The number of hydrogen-bond donors (Lipinski definition) is 0. The highest BCUT2D eigenvalue weighted by molar-refractivity contribution is 5.71. The molecule has 0 saturated carbocycles. The second-order valence-corrected chi connectivity index (χ2v) is 4.41. The van der Waals surface area contributed by atoms with Crippen molar-refractivity contribution < 1.29 is 4.79 Å². The summed E-state index contributed by atoms with van der Waals surface area (Å²) in [7, 11) is 0. The Morgan fingerprint density at radius 2 is 2.08 bits per heavy atom. The van der Waals surface area contributed by atoms with Crippen molar-refractivity contribution in [3.8, 4) is 0 Å². The van der Waals surface area contributed by atoms with Gasteiger partial charge in [0.25, 0.3) is 0 Å². The van der Waals surface area contributed by atoms with Crippen molar-refractivity contribution in [3.63, 3.8) is 0 Å². The smallest absolute Gasteiger partial charge is 0.168 e. The molecule has 13 heavy (non-hydrogen) atoms. The van der Waals surface area contributed by atoms with Crippen LogP contribution in [0, 0.1) is 5.41 Å². The third-order valence-corrected chi connectivity index (χ3v) is 1.66. The van der Waals surface area contributed by atoms with Crippen molar-refractivity contribution in [1.29, 1.82) is 0 Å². The van der Waals surface area contributed by atoms with Crippen molar-refractivity contribution in [1.82, 2.24) is 4.98 Å². The Hall–Kier alpha value is -1.18. The Labute approximate surface area is 79.0 Å². The standard InChI is InChI=1S/C11H15NO/c1-11(2,3)7-9-5-4-6-10(8-13)12-9/h4-6,8H,7H2,1-3H3. The summed E-state index contributed by atoms with van der Waals surface area (Å²) in [6.45, 7) is 6.47. The maximum Gasteiger partial charge on any atom is 0.168 e. The fourth-order valence-electron chi connectivity index (χ4n) is 1.21. The van der Waals surface area contributed by atoms with Crippen LogP contribution in [0.3, 0.4) is 0 Å². The summed E-state index contributed by atoms with van der Waals surface area (Å²) in [5, 5.41) is 0. The molecule has 0 unspecified atom stereocenters. The highest BCUT2D eigenvalue weighted by atomic mass is 16.1. The number of pyridine rings is 1. The Kier molecular flexibility index (Phi) is 2.81. The quantitative estimate of drug-likeness (QED) is 0.649. The van der Waals surface area contributed by atoms with Crippen LogP contribution in [-0.2, 0) is 6.42 Å². The van der Waals surface area contributed by atoms with E-state index in [-0.39, 0.29) is 5.41 Å². The van der Waals surface area contributed by atoms with Gasteiger partial charge in [-0.2, -0.15) is 0 Å². The molecule has 0 atom stereocenters. The molecule has 0 fully saturated rings. The number of rotatable bonds is 2.